The number of hydrogen-bond donors (Lipinski definition) is 1. The van der Waals surface area contributed by atoms with Crippen molar-refractivity contribution in [1.29, 1.82) is 0 Å². The number of aliphatic hydroxyl groups is 1. The first kappa shape index (κ1) is 17.4. The Morgan fingerprint density at radius 2 is 1.76 bits per heavy atom. The third-order valence-electron chi connectivity index (χ3n) is 4.80. The summed E-state index contributed by atoms with van der Waals surface area (Å²) in [5.41, 5.74) is 1.04. The number of Topliss-reactive ketones (excluding diaryl/α,β-unsaturated/α-hetero) is 1. The summed E-state index contributed by atoms with van der Waals surface area (Å²) < 4.78 is 0. The highest BCUT2D eigenvalue weighted by Crippen LogP contribution is 2.43. The molecular weight excluding hydrogens is 314 g/mol. The topological polar surface area (TPSA) is 57.6 Å². The molecule has 3 rings (SSSR count). The standard InChI is InChI=1S/C21H23NO3/c1-4-15-9-11-16(12-10-15)19(23)13-21(25)17-7-5-6-8-18(17)22(14(2)3)20(21)24/h5-12,14,25H,4,13H2,1-3H3. The molecular formula is C21H23NO3. The minimum atomic E-state index is -1.80. The molecule has 25 heavy (non-hydrogen) atoms. The molecule has 1 aliphatic heterocycles. The number of benzene rings is 2. The fraction of sp³-hybridized carbons (Fsp3) is 0.333. The maximum absolute atomic E-state index is 12.9. The van der Waals surface area contributed by atoms with Crippen LogP contribution in [0.15, 0.2) is 48.5 Å². The molecule has 0 aromatic heterocycles. The predicted octanol–water partition coefficient (Wildman–Crippen LogP) is 3.46. The summed E-state index contributed by atoms with van der Waals surface area (Å²) >= 11 is 0. The van der Waals surface area contributed by atoms with Crippen LogP contribution in [0.4, 0.5) is 5.69 Å². The maximum Gasteiger partial charge on any atom is 0.264 e. The fourth-order valence-corrected chi connectivity index (χ4v) is 3.40. The van der Waals surface area contributed by atoms with Gasteiger partial charge in [-0.25, -0.2) is 0 Å². The van der Waals surface area contributed by atoms with Gasteiger partial charge in [-0.05, 0) is 31.9 Å². The van der Waals surface area contributed by atoms with Gasteiger partial charge >= 0.3 is 0 Å². The minimum absolute atomic E-state index is 0.0957. The van der Waals surface area contributed by atoms with Crippen molar-refractivity contribution >= 4 is 17.4 Å². The third kappa shape index (κ3) is 2.87. The van der Waals surface area contributed by atoms with Crippen LogP contribution in [0, 0.1) is 0 Å². The Morgan fingerprint density at radius 1 is 1.12 bits per heavy atom. The van der Waals surface area contributed by atoms with Gasteiger partial charge in [0.2, 0.25) is 0 Å². The van der Waals surface area contributed by atoms with E-state index in [2.05, 4.69) is 0 Å². The second-order valence-corrected chi connectivity index (χ2v) is 6.80. The van der Waals surface area contributed by atoms with Crippen molar-refractivity contribution in [3.05, 3.63) is 65.2 Å². The van der Waals surface area contributed by atoms with E-state index >= 15 is 0 Å². The number of anilines is 1. The van der Waals surface area contributed by atoms with Gasteiger partial charge in [-0.1, -0.05) is 49.4 Å². The SMILES string of the molecule is CCc1ccc(C(=O)CC2(O)C(=O)N(C(C)C)c3ccccc32)cc1. The number of ketones is 1. The van der Waals surface area contributed by atoms with E-state index in [0.717, 1.165) is 12.0 Å². The van der Waals surface area contributed by atoms with Crippen LogP contribution in [-0.2, 0) is 16.8 Å². The Hall–Kier alpha value is -2.46. The number of carbonyl (C=O) groups excluding carboxylic acids is 2. The van der Waals surface area contributed by atoms with E-state index < -0.39 is 11.5 Å². The summed E-state index contributed by atoms with van der Waals surface area (Å²) in [6, 6.07) is 14.4. The van der Waals surface area contributed by atoms with Crippen molar-refractivity contribution in [2.45, 2.75) is 45.3 Å². The lowest BCUT2D eigenvalue weighted by molar-refractivity contribution is -0.136. The van der Waals surface area contributed by atoms with Crippen LogP contribution < -0.4 is 4.90 Å². The summed E-state index contributed by atoms with van der Waals surface area (Å²) in [6.45, 7) is 5.84. The monoisotopic (exact) mass is 337 g/mol. The van der Waals surface area contributed by atoms with E-state index in [-0.39, 0.29) is 18.2 Å². The number of nitrogens with zero attached hydrogens (tertiary/aromatic N) is 1. The largest absolute Gasteiger partial charge is 0.375 e. The van der Waals surface area contributed by atoms with Crippen LogP contribution in [0.2, 0.25) is 0 Å². The molecule has 0 bridgehead atoms. The zero-order valence-electron chi connectivity index (χ0n) is 14.8. The average molecular weight is 337 g/mol. The zero-order chi connectivity index (χ0) is 18.2. The summed E-state index contributed by atoms with van der Waals surface area (Å²) in [7, 11) is 0. The van der Waals surface area contributed by atoms with Gasteiger partial charge in [-0.3, -0.25) is 9.59 Å². The molecule has 1 amide bonds. The molecule has 2 aromatic rings. The van der Waals surface area contributed by atoms with Crippen LogP contribution in [0.25, 0.3) is 0 Å². The summed E-state index contributed by atoms with van der Waals surface area (Å²) in [5, 5.41) is 11.2. The van der Waals surface area contributed by atoms with Crippen LogP contribution in [-0.4, -0.2) is 22.8 Å². The van der Waals surface area contributed by atoms with Gasteiger partial charge < -0.3 is 10.0 Å². The molecule has 4 heteroatoms. The molecule has 0 saturated heterocycles. The lowest BCUT2D eigenvalue weighted by Crippen LogP contribution is -2.44. The van der Waals surface area contributed by atoms with Gasteiger partial charge in [-0.15, -0.1) is 0 Å². The van der Waals surface area contributed by atoms with Gasteiger partial charge in [0.15, 0.2) is 11.4 Å². The Bertz CT molecular complexity index is 810. The summed E-state index contributed by atoms with van der Waals surface area (Å²) in [6.07, 6.45) is 0.644. The number of aryl methyl sites for hydroxylation is 1. The number of carbonyl (C=O) groups is 2. The van der Waals surface area contributed by atoms with E-state index in [1.54, 1.807) is 29.2 Å². The van der Waals surface area contributed by atoms with Gasteiger partial charge in [0, 0.05) is 17.2 Å². The first-order valence-electron chi connectivity index (χ1n) is 8.66. The average Bonchev–Trinajstić information content (AvgIpc) is 2.83. The maximum atomic E-state index is 12.9. The molecule has 1 aliphatic rings. The van der Waals surface area contributed by atoms with Crippen molar-refractivity contribution in [3.8, 4) is 0 Å². The van der Waals surface area contributed by atoms with E-state index in [4.69, 9.17) is 0 Å². The number of fused-ring (bicyclic) bond motifs is 1. The lowest BCUT2D eigenvalue weighted by Gasteiger charge is -2.25. The van der Waals surface area contributed by atoms with Crippen LogP contribution in [0.5, 0.6) is 0 Å². The second-order valence-electron chi connectivity index (χ2n) is 6.80. The Morgan fingerprint density at radius 3 is 2.36 bits per heavy atom. The van der Waals surface area contributed by atoms with E-state index in [0.29, 0.717) is 16.8 Å². The zero-order valence-corrected chi connectivity index (χ0v) is 14.8. The third-order valence-corrected chi connectivity index (χ3v) is 4.80. The van der Waals surface area contributed by atoms with E-state index in [9.17, 15) is 14.7 Å². The highest BCUT2D eigenvalue weighted by molar-refractivity contribution is 6.11. The van der Waals surface area contributed by atoms with Gasteiger partial charge in [0.1, 0.15) is 0 Å². The first-order chi connectivity index (χ1) is 11.9. The Balaban J connectivity index is 1.95. The quantitative estimate of drug-likeness (QED) is 0.850. The minimum Gasteiger partial charge on any atom is -0.375 e. The normalized spacial score (nSPS) is 19.4. The van der Waals surface area contributed by atoms with Crippen molar-refractivity contribution < 1.29 is 14.7 Å². The van der Waals surface area contributed by atoms with Crippen LogP contribution in [0.1, 0.15) is 48.7 Å². The van der Waals surface area contributed by atoms with Crippen LogP contribution in [0.3, 0.4) is 0 Å². The number of rotatable bonds is 5. The molecule has 1 atom stereocenters. The highest BCUT2D eigenvalue weighted by Gasteiger charge is 2.51. The second kappa shape index (κ2) is 6.45. The first-order valence-corrected chi connectivity index (χ1v) is 8.66. The van der Waals surface area contributed by atoms with E-state index in [1.807, 2.05) is 45.0 Å². The molecule has 0 spiro atoms. The molecule has 0 aliphatic carbocycles. The van der Waals surface area contributed by atoms with Gasteiger partial charge in [0.05, 0.1) is 12.1 Å². The van der Waals surface area contributed by atoms with Gasteiger partial charge in [-0.2, -0.15) is 0 Å². The van der Waals surface area contributed by atoms with Crippen molar-refractivity contribution in [3.63, 3.8) is 0 Å². The van der Waals surface area contributed by atoms with Crippen molar-refractivity contribution in [2.75, 3.05) is 4.90 Å². The lowest BCUT2D eigenvalue weighted by atomic mass is 9.88. The molecule has 1 heterocycles. The summed E-state index contributed by atoms with van der Waals surface area (Å²) in [4.78, 5) is 27.2. The number of amides is 1. The smallest absolute Gasteiger partial charge is 0.264 e. The summed E-state index contributed by atoms with van der Waals surface area (Å²) in [5.74, 6) is -0.666. The van der Waals surface area contributed by atoms with Crippen molar-refractivity contribution in [1.82, 2.24) is 0 Å². The Labute approximate surface area is 148 Å². The van der Waals surface area contributed by atoms with Gasteiger partial charge in [0.25, 0.3) is 5.91 Å². The molecule has 1 unspecified atom stereocenters. The molecule has 0 saturated carbocycles. The van der Waals surface area contributed by atoms with Crippen LogP contribution >= 0.6 is 0 Å². The molecule has 4 nitrogen and oxygen atoms in total. The highest BCUT2D eigenvalue weighted by atomic mass is 16.3. The molecule has 0 fully saturated rings. The van der Waals surface area contributed by atoms with Crippen molar-refractivity contribution in [2.24, 2.45) is 0 Å². The molecule has 1 N–H and O–H groups in total. The number of hydrogen-bond acceptors (Lipinski definition) is 3. The fourth-order valence-electron chi connectivity index (χ4n) is 3.40. The Kier molecular flexibility index (Phi) is 4.48. The molecule has 130 valence electrons. The van der Waals surface area contributed by atoms with E-state index in [1.165, 1.54) is 0 Å². The molecule has 2 aromatic carbocycles. The predicted molar refractivity (Wildman–Crippen MR) is 97.7 cm³/mol. The number of para-hydroxylation sites is 1. The molecule has 0 radical (unpaired) electrons.